The minimum absolute atomic E-state index is 0.537. The van der Waals surface area contributed by atoms with Gasteiger partial charge in [-0.1, -0.05) is 164 Å². The molecule has 7 aromatic carbocycles. The zero-order chi connectivity index (χ0) is 34.2. The normalized spacial score (nSPS) is 12.5. The number of nitrogens with zero attached hydrogens (tertiary/aromatic N) is 4. The van der Waals surface area contributed by atoms with Crippen LogP contribution in [-0.2, 0) is 5.41 Å². The van der Waals surface area contributed by atoms with E-state index in [1.807, 2.05) is 72.8 Å². The maximum absolute atomic E-state index is 9.81. The van der Waals surface area contributed by atoms with Crippen LogP contribution in [0.1, 0.15) is 27.8 Å². The summed E-state index contributed by atoms with van der Waals surface area (Å²) in [6.45, 7) is 0. The highest BCUT2D eigenvalue weighted by Crippen LogP contribution is 2.56. The molecule has 0 bridgehead atoms. The molecule has 0 unspecified atom stereocenters. The van der Waals surface area contributed by atoms with Crippen molar-refractivity contribution in [1.82, 2.24) is 15.0 Å². The zero-order valence-electron chi connectivity index (χ0n) is 27.6. The summed E-state index contributed by atoms with van der Waals surface area (Å²) >= 11 is 0. The summed E-state index contributed by atoms with van der Waals surface area (Å²) in [6, 6.07) is 65.1. The van der Waals surface area contributed by atoms with Crippen molar-refractivity contribution in [2.45, 2.75) is 5.41 Å². The fourth-order valence-corrected chi connectivity index (χ4v) is 7.61. The van der Waals surface area contributed by atoms with E-state index >= 15 is 0 Å². The van der Waals surface area contributed by atoms with Gasteiger partial charge in [0.25, 0.3) is 0 Å². The van der Waals surface area contributed by atoms with Gasteiger partial charge in [-0.2, -0.15) is 5.26 Å². The highest BCUT2D eigenvalue weighted by Gasteiger charge is 2.45. The van der Waals surface area contributed by atoms with Crippen LogP contribution in [0, 0.1) is 11.3 Å². The summed E-state index contributed by atoms with van der Waals surface area (Å²) in [5.74, 6) is 1.75. The Hall–Kier alpha value is -6.96. The minimum atomic E-state index is -0.537. The van der Waals surface area contributed by atoms with Crippen molar-refractivity contribution < 1.29 is 0 Å². The fourth-order valence-electron chi connectivity index (χ4n) is 7.61. The second kappa shape index (κ2) is 12.5. The van der Waals surface area contributed by atoms with Crippen LogP contribution >= 0.6 is 0 Å². The van der Waals surface area contributed by atoms with Gasteiger partial charge in [0.2, 0.25) is 0 Å². The third kappa shape index (κ3) is 5.03. The average molecular weight is 651 g/mol. The van der Waals surface area contributed by atoms with E-state index in [1.165, 1.54) is 27.8 Å². The summed E-state index contributed by atoms with van der Waals surface area (Å²) in [5.41, 5.74) is 11.9. The molecule has 0 saturated carbocycles. The van der Waals surface area contributed by atoms with Crippen molar-refractivity contribution >= 4 is 0 Å². The molecule has 0 saturated heterocycles. The van der Waals surface area contributed by atoms with Crippen molar-refractivity contribution in [3.8, 4) is 62.5 Å². The van der Waals surface area contributed by atoms with E-state index in [2.05, 4.69) is 115 Å². The van der Waals surface area contributed by atoms with Crippen molar-refractivity contribution in [2.24, 2.45) is 0 Å². The van der Waals surface area contributed by atoms with Crippen LogP contribution in [0.25, 0.3) is 56.4 Å². The topological polar surface area (TPSA) is 62.5 Å². The summed E-state index contributed by atoms with van der Waals surface area (Å²) in [6.07, 6.45) is 0. The van der Waals surface area contributed by atoms with Crippen LogP contribution in [0.5, 0.6) is 0 Å². The van der Waals surface area contributed by atoms with Gasteiger partial charge < -0.3 is 0 Å². The molecule has 1 heterocycles. The highest BCUT2D eigenvalue weighted by molar-refractivity contribution is 5.86. The largest absolute Gasteiger partial charge is 0.208 e. The Morgan fingerprint density at radius 2 is 0.824 bits per heavy atom. The first-order valence-electron chi connectivity index (χ1n) is 17.0. The average Bonchev–Trinajstić information content (AvgIpc) is 3.52. The SMILES string of the molecule is N#Cc1ccccc1-c1cccc(-c2nc(-c3ccccc3)nc(-c3cccc(C4(c5ccccc5)c5ccccc5-c5ccccc54)c3)n2)c1. The molecule has 238 valence electrons. The van der Waals surface area contributed by atoms with E-state index in [-0.39, 0.29) is 0 Å². The van der Waals surface area contributed by atoms with Gasteiger partial charge in [0.15, 0.2) is 17.5 Å². The molecule has 51 heavy (non-hydrogen) atoms. The van der Waals surface area contributed by atoms with Gasteiger partial charge in [-0.15, -0.1) is 0 Å². The first-order chi connectivity index (χ1) is 25.2. The fraction of sp³-hybridized carbons (Fsp3) is 0.0213. The van der Waals surface area contributed by atoms with Gasteiger partial charge in [-0.05, 0) is 62.7 Å². The van der Waals surface area contributed by atoms with Crippen LogP contribution in [-0.4, -0.2) is 15.0 Å². The van der Waals surface area contributed by atoms with Crippen molar-refractivity contribution in [1.29, 1.82) is 5.26 Å². The predicted molar refractivity (Wildman–Crippen MR) is 204 cm³/mol. The Morgan fingerprint density at radius 3 is 1.47 bits per heavy atom. The molecule has 4 heteroatoms. The maximum Gasteiger partial charge on any atom is 0.164 e. The maximum atomic E-state index is 9.81. The van der Waals surface area contributed by atoms with Gasteiger partial charge in [0.05, 0.1) is 17.0 Å². The second-order valence-corrected chi connectivity index (χ2v) is 12.7. The third-order valence-corrected chi connectivity index (χ3v) is 9.86. The first-order valence-corrected chi connectivity index (χ1v) is 17.0. The molecule has 9 rings (SSSR count). The number of aromatic nitrogens is 3. The zero-order valence-corrected chi connectivity index (χ0v) is 27.6. The first kappa shape index (κ1) is 30.1. The van der Waals surface area contributed by atoms with Gasteiger partial charge in [0.1, 0.15) is 0 Å². The van der Waals surface area contributed by atoms with Gasteiger partial charge in [-0.3, -0.25) is 0 Å². The van der Waals surface area contributed by atoms with Crippen molar-refractivity contribution in [3.05, 3.63) is 210 Å². The minimum Gasteiger partial charge on any atom is -0.208 e. The second-order valence-electron chi connectivity index (χ2n) is 12.7. The lowest BCUT2D eigenvalue weighted by molar-refractivity contribution is 0.768. The molecule has 0 N–H and O–H groups in total. The number of hydrogen-bond donors (Lipinski definition) is 0. The molecule has 1 aliphatic carbocycles. The van der Waals surface area contributed by atoms with Gasteiger partial charge >= 0.3 is 0 Å². The highest BCUT2D eigenvalue weighted by atomic mass is 15.0. The molecule has 0 spiro atoms. The van der Waals surface area contributed by atoms with E-state index < -0.39 is 5.41 Å². The summed E-state index contributed by atoms with van der Waals surface area (Å²) in [7, 11) is 0. The Balaban J connectivity index is 1.26. The summed E-state index contributed by atoms with van der Waals surface area (Å²) < 4.78 is 0. The van der Waals surface area contributed by atoms with E-state index in [4.69, 9.17) is 15.0 Å². The van der Waals surface area contributed by atoms with Crippen LogP contribution in [0.3, 0.4) is 0 Å². The third-order valence-electron chi connectivity index (χ3n) is 9.86. The van der Waals surface area contributed by atoms with Crippen molar-refractivity contribution in [2.75, 3.05) is 0 Å². The lowest BCUT2D eigenvalue weighted by atomic mass is 9.67. The van der Waals surface area contributed by atoms with Crippen LogP contribution in [0.4, 0.5) is 0 Å². The monoisotopic (exact) mass is 650 g/mol. The molecule has 0 atom stereocenters. The quantitative estimate of drug-likeness (QED) is 0.180. The van der Waals surface area contributed by atoms with E-state index in [0.29, 0.717) is 23.0 Å². The molecular weight excluding hydrogens is 621 g/mol. The Kier molecular flexibility index (Phi) is 7.38. The molecule has 1 aliphatic rings. The molecule has 4 nitrogen and oxygen atoms in total. The molecule has 0 aliphatic heterocycles. The summed E-state index contributed by atoms with van der Waals surface area (Å²) in [4.78, 5) is 15.2. The van der Waals surface area contributed by atoms with Crippen LogP contribution < -0.4 is 0 Å². The van der Waals surface area contributed by atoms with Crippen LogP contribution in [0.2, 0.25) is 0 Å². The summed E-state index contributed by atoms with van der Waals surface area (Å²) in [5, 5.41) is 9.81. The standard InChI is InChI=1S/C47H30N4/c48-31-36-17-7-8-24-39(36)33-18-13-19-34(29-33)45-49-44(32-15-3-1-4-16-32)50-46(51-45)35-20-14-23-38(30-35)47(37-21-5-2-6-22-37)42-27-11-9-25-40(42)41-26-10-12-28-43(41)47/h1-30H. The van der Waals surface area contributed by atoms with E-state index in [1.54, 1.807) is 0 Å². The van der Waals surface area contributed by atoms with E-state index in [9.17, 15) is 5.26 Å². The Bertz CT molecular complexity index is 2560. The lowest BCUT2D eigenvalue weighted by Gasteiger charge is -2.34. The van der Waals surface area contributed by atoms with Crippen molar-refractivity contribution in [3.63, 3.8) is 0 Å². The van der Waals surface area contributed by atoms with Crippen LogP contribution in [0.15, 0.2) is 182 Å². The smallest absolute Gasteiger partial charge is 0.164 e. The van der Waals surface area contributed by atoms with Gasteiger partial charge in [0, 0.05) is 16.7 Å². The molecular formula is C47H30N4. The number of hydrogen-bond acceptors (Lipinski definition) is 4. The molecule has 0 amide bonds. The van der Waals surface area contributed by atoms with E-state index in [0.717, 1.165) is 33.4 Å². The van der Waals surface area contributed by atoms with Gasteiger partial charge in [-0.25, -0.2) is 15.0 Å². The Morgan fingerprint density at radius 1 is 0.373 bits per heavy atom. The number of rotatable bonds is 6. The Labute approximate surface area is 297 Å². The number of fused-ring (bicyclic) bond motifs is 3. The molecule has 8 aromatic rings. The molecule has 0 radical (unpaired) electrons. The molecule has 1 aromatic heterocycles. The lowest BCUT2D eigenvalue weighted by Crippen LogP contribution is -2.28. The number of benzene rings is 7. The predicted octanol–water partition coefficient (Wildman–Crippen LogP) is 10.8. The molecule has 0 fully saturated rings. The number of nitriles is 1.